The number of benzene rings is 1. The molecule has 0 aliphatic heterocycles. The van der Waals surface area contributed by atoms with Crippen LogP contribution in [0.4, 0.5) is 0 Å². The Morgan fingerprint density at radius 3 is 2.50 bits per heavy atom. The predicted molar refractivity (Wildman–Crippen MR) is 39.1 cm³/mol. The SMILES string of the molecule is O=c1c2ccc(OO)c(OO)c12. The summed E-state index contributed by atoms with van der Waals surface area (Å²) in [6.45, 7) is 0. The standard InChI is InChI=1S/C7H4O5/c8-6-3-1-2-4(11-9)7(12-10)5(3)6/h1-2,9-10H. The summed E-state index contributed by atoms with van der Waals surface area (Å²) in [6, 6.07) is 2.81. The van der Waals surface area contributed by atoms with Crippen molar-refractivity contribution in [1.29, 1.82) is 0 Å². The molecular formula is C7H4O5. The normalized spacial score (nSPS) is 10.8. The molecule has 5 nitrogen and oxygen atoms in total. The molecule has 2 rings (SSSR count). The average Bonchev–Trinajstić information content (AvgIpc) is 2.76. The maximum absolute atomic E-state index is 10.9. The molecule has 0 spiro atoms. The van der Waals surface area contributed by atoms with Gasteiger partial charge in [0.05, 0.1) is 5.39 Å². The minimum absolute atomic E-state index is 0.0814. The Bertz CT molecular complexity index is 437. The molecule has 0 atom stereocenters. The van der Waals surface area contributed by atoms with Crippen LogP contribution in [0.1, 0.15) is 0 Å². The number of hydrogen-bond donors (Lipinski definition) is 2. The fourth-order valence-corrected chi connectivity index (χ4v) is 1.09. The molecule has 0 aliphatic carbocycles. The Balaban J connectivity index is 2.69. The molecule has 0 unspecified atom stereocenters. The zero-order valence-corrected chi connectivity index (χ0v) is 5.77. The fraction of sp³-hybridized carbons (Fsp3) is 0. The van der Waals surface area contributed by atoms with Crippen molar-refractivity contribution in [3.63, 3.8) is 0 Å². The van der Waals surface area contributed by atoms with Crippen LogP contribution in [0.15, 0.2) is 16.9 Å². The van der Waals surface area contributed by atoms with Gasteiger partial charge < -0.3 is 9.78 Å². The minimum atomic E-state index is -0.206. The minimum Gasteiger partial charge on any atom is -0.336 e. The average molecular weight is 168 g/mol. The Morgan fingerprint density at radius 1 is 1.17 bits per heavy atom. The van der Waals surface area contributed by atoms with E-state index in [4.69, 9.17) is 10.5 Å². The highest BCUT2D eigenvalue weighted by atomic mass is 17.1. The highest BCUT2D eigenvalue weighted by Crippen LogP contribution is 2.36. The lowest BCUT2D eigenvalue weighted by Gasteiger charge is -1.98. The molecule has 0 amide bonds. The van der Waals surface area contributed by atoms with Crippen LogP contribution in [0.2, 0.25) is 0 Å². The summed E-state index contributed by atoms with van der Waals surface area (Å²) in [5, 5.41) is 17.3. The van der Waals surface area contributed by atoms with Crippen LogP contribution in [0, 0.1) is 0 Å². The van der Waals surface area contributed by atoms with Gasteiger partial charge in [0.1, 0.15) is 0 Å². The van der Waals surface area contributed by atoms with E-state index in [-0.39, 0.29) is 22.3 Å². The maximum Gasteiger partial charge on any atom is 0.222 e. The first kappa shape index (κ1) is 7.08. The van der Waals surface area contributed by atoms with E-state index in [1.54, 1.807) is 0 Å². The fourth-order valence-electron chi connectivity index (χ4n) is 1.09. The Hall–Kier alpha value is -1.59. The van der Waals surface area contributed by atoms with E-state index in [9.17, 15) is 4.79 Å². The molecule has 0 bridgehead atoms. The summed E-state index contributed by atoms with van der Waals surface area (Å²) in [6.07, 6.45) is 0. The van der Waals surface area contributed by atoms with Crippen molar-refractivity contribution in [3.05, 3.63) is 22.4 Å². The van der Waals surface area contributed by atoms with Gasteiger partial charge in [-0.25, -0.2) is 10.5 Å². The highest BCUT2D eigenvalue weighted by Gasteiger charge is 2.22. The first-order valence-electron chi connectivity index (χ1n) is 3.14. The summed E-state index contributed by atoms with van der Waals surface area (Å²) in [5.74, 6) is -0.220. The second-order valence-electron chi connectivity index (χ2n) is 2.33. The molecule has 0 aromatic heterocycles. The van der Waals surface area contributed by atoms with E-state index < -0.39 is 0 Å². The molecule has 0 radical (unpaired) electrons. The Morgan fingerprint density at radius 2 is 1.92 bits per heavy atom. The van der Waals surface area contributed by atoms with Gasteiger partial charge in [-0.1, -0.05) is 0 Å². The van der Waals surface area contributed by atoms with Gasteiger partial charge >= 0.3 is 0 Å². The molecule has 12 heavy (non-hydrogen) atoms. The molecule has 0 aliphatic rings. The van der Waals surface area contributed by atoms with Crippen molar-refractivity contribution in [3.8, 4) is 11.5 Å². The second kappa shape index (κ2) is 2.20. The van der Waals surface area contributed by atoms with Gasteiger partial charge in [0, 0.05) is 5.39 Å². The van der Waals surface area contributed by atoms with Gasteiger partial charge in [-0.15, -0.1) is 0 Å². The van der Waals surface area contributed by atoms with E-state index >= 15 is 0 Å². The van der Waals surface area contributed by atoms with E-state index in [0.29, 0.717) is 5.39 Å². The summed E-state index contributed by atoms with van der Waals surface area (Å²) in [7, 11) is 0. The number of fused-ring (bicyclic) bond motifs is 1. The summed E-state index contributed by atoms with van der Waals surface area (Å²) < 4.78 is 0. The molecule has 2 N–H and O–H groups in total. The zero-order chi connectivity index (χ0) is 8.72. The third-order valence-corrected chi connectivity index (χ3v) is 1.72. The van der Waals surface area contributed by atoms with Crippen molar-refractivity contribution in [1.82, 2.24) is 0 Å². The third-order valence-electron chi connectivity index (χ3n) is 1.72. The van der Waals surface area contributed by atoms with E-state index in [2.05, 4.69) is 9.78 Å². The third kappa shape index (κ3) is 0.715. The molecular weight excluding hydrogens is 164 g/mol. The quantitative estimate of drug-likeness (QED) is 0.511. The van der Waals surface area contributed by atoms with E-state index in [0.717, 1.165) is 0 Å². The molecule has 0 saturated heterocycles. The number of hydrogen-bond acceptors (Lipinski definition) is 5. The molecule has 2 aromatic carbocycles. The van der Waals surface area contributed by atoms with Gasteiger partial charge in [-0.2, -0.15) is 0 Å². The van der Waals surface area contributed by atoms with Crippen molar-refractivity contribution in [2.24, 2.45) is 0 Å². The van der Waals surface area contributed by atoms with Crippen LogP contribution in [0.25, 0.3) is 10.8 Å². The van der Waals surface area contributed by atoms with Gasteiger partial charge in [0.15, 0.2) is 5.43 Å². The molecule has 62 valence electrons. The lowest BCUT2D eigenvalue weighted by atomic mass is 10.3. The van der Waals surface area contributed by atoms with Crippen molar-refractivity contribution >= 4 is 10.8 Å². The molecule has 2 aromatic rings. The monoisotopic (exact) mass is 168 g/mol. The van der Waals surface area contributed by atoms with Crippen LogP contribution < -0.4 is 15.2 Å². The summed E-state index contributed by atoms with van der Waals surface area (Å²) in [5.41, 5.74) is -0.206. The van der Waals surface area contributed by atoms with Crippen molar-refractivity contribution in [2.45, 2.75) is 0 Å². The van der Waals surface area contributed by atoms with Crippen LogP contribution in [0.5, 0.6) is 11.5 Å². The molecule has 0 fully saturated rings. The Labute approximate surface area is 65.9 Å². The van der Waals surface area contributed by atoms with Crippen molar-refractivity contribution in [2.75, 3.05) is 0 Å². The van der Waals surface area contributed by atoms with E-state index in [1.807, 2.05) is 0 Å². The maximum atomic E-state index is 10.9. The molecule has 0 saturated carbocycles. The van der Waals surface area contributed by atoms with Crippen LogP contribution in [-0.2, 0) is 0 Å². The zero-order valence-electron chi connectivity index (χ0n) is 5.77. The second-order valence-corrected chi connectivity index (χ2v) is 2.33. The molecule has 5 heteroatoms. The van der Waals surface area contributed by atoms with Gasteiger partial charge in [-0.3, -0.25) is 4.79 Å². The topological polar surface area (TPSA) is 76.0 Å². The van der Waals surface area contributed by atoms with Crippen molar-refractivity contribution < 1.29 is 20.3 Å². The lowest BCUT2D eigenvalue weighted by Crippen LogP contribution is -1.89. The highest BCUT2D eigenvalue weighted by molar-refractivity contribution is 6.03. The summed E-state index contributed by atoms with van der Waals surface area (Å²) in [4.78, 5) is 18.6. The van der Waals surface area contributed by atoms with Gasteiger partial charge in [0.2, 0.25) is 11.5 Å². The van der Waals surface area contributed by atoms with Crippen LogP contribution in [0.3, 0.4) is 0 Å². The van der Waals surface area contributed by atoms with Crippen LogP contribution in [-0.4, -0.2) is 10.5 Å². The first-order valence-corrected chi connectivity index (χ1v) is 3.14. The van der Waals surface area contributed by atoms with Crippen LogP contribution >= 0.6 is 0 Å². The predicted octanol–water partition coefficient (Wildman–Crippen LogP) is 0.779. The number of rotatable bonds is 2. The summed E-state index contributed by atoms with van der Waals surface area (Å²) >= 11 is 0. The first-order chi connectivity index (χ1) is 5.79. The van der Waals surface area contributed by atoms with Gasteiger partial charge in [-0.05, 0) is 12.1 Å². The van der Waals surface area contributed by atoms with Gasteiger partial charge in [0.25, 0.3) is 0 Å². The largest absolute Gasteiger partial charge is 0.336 e. The smallest absolute Gasteiger partial charge is 0.222 e. The Kier molecular flexibility index (Phi) is 1.30. The molecule has 0 heterocycles. The lowest BCUT2D eigenvalue weighted by molar-refractivity contribution is -0.163. The van der Waals surface area contributed by atoms with E-state index in [1.165, 1.54) is 12.1 Å².